The first-order valence-electron chi connectivity index (χ1n) is 5.58. The molecule has 2 nitrogen and oxygen atoms in total. The Balaban J connectivity index is 1.93. The van der Waals surface area contributed by atoms with Gasteiger partial charge in [-0.05, 0) is 37.8 Å². The second-order valence-corrected chi connectivity index (χ2v) is 5.29. The van der Waals surface area contributed by atoms with Crippen molar-refractivity contribution >= 4 is 0 Å². The lowest BCUT2D eigenvalue weighted by atomic mass is 9.89. The molecule has 0 saturated carbocycles. The van der Waals surface area contributed by atoms with Crippen LogP contribution in [0.15, 0.2) is 0 Å². The topological polar surface area (TPSA) is 15.3 Å². The molecule has 2 rings (SSSR count). The van der Waals surface area contributed by atoms with E-state index in [-0.39, 0.29) is 0 Å². The zero-order chi connectivity index (χ0) is 9.42. The van der Waals surface area contributed by atoms with Gasteiger partial charge in [0, 0.05) is 19.1 Å². The Labute approximate surface area is 81.7 Å². The van der Waals surface area contributed by atoms with Crippen LogP contribution in [-0.4, -0.2) is 37.6 Å². The lowest BCUT2D eigenvalue weighted by molar-refractivity contribution is 0.331. The fourth-order valence-electron chi connectivity index (χ4n) is 3.01. The van der Waals surface area contributed by atoms with E-state index >= 15 is 0 Å². The highest BCUT2D eigenvalue weighted by Gasteiger charge is 2.40. The molecule has 0 aromatic carbocycles. The lowest BCUT2D eigenvalue weighted by Gasteiger charge is -2.20. The van der Waals surface area contributed by atoms with Crippen LogP contribution in [0.2, 0.25) is 0 Å². The van der Waals surface area contributed by atoms with Crippen molar-refractivity contribution in [2.24, 2.45) is 17.8 Å². The van der Waals surface area contributed by atoms with E-state index in [1.54, 1.807) is 0 Å². The predicted molar refractivity (Wildman–Crippen MR) is 55.7 cm³/mol. The molecule has 0 aromatic heterocycles. The van der Waals surface area contributed by atoms with Gasteiger partial charge in [-0.15, -0.1) is 0 Å². The summed E-state index contributed by atoms with van der Waals surface area (Å²) in [4.78, 5) is 2.49. The SMILES string of the molecule is CC(C)C[C@@H]1NC[C@@H]2CN(C)C[C@@H]21. The summed E-state index contributed by atoms with van der Waals surface area (Å²) >= 11 is 0. The zero-order valence-electron chi connectivity index (χ0n) is 9.09. The Kier molecular flexibility index (Phi) is 2.61. The Morgan fingerprint density at radius 1 is 1.38 bits per heavy atom. The molecule has 2 saturated heterocycles. The van der Waals surface area contributed by atoms with Gasteiger partial charge < -0.3 is 10.2 Å². The maximum Gasteiger partial charge on any atom is 0.0114 e. The van der Waals surface area contributed by atoms with Crippen molar-refractivity contribution in [2.45, 2.75) is 26.3 Å². The average Bonchev–Trinajstić information content (AvgIpc) is 2.51. The summed E-state index contributed by atoms with van der Waals surface area (Å²) in [6.07, 6.45) is 1.36. The van der Waals surface area contributed by atoms with Gasteiger partial charge in [-0.1, -0.05) is 13.8 Å². The van der Waals surface area contributed by atoms with Gasteiger partial charge in [0.1, 0.15) is 0 Å². The van der Waals surface area contributed by atoms with E-state index in [4.69, 9.17) is 0 Å². The van der Waals surface area contributed by atoms with Gasteiger partial charge in [0.05, 0.1) is 0 Å². The van der Waals surface area contributed by atoms with E-state index in [9.17, 15) is 0 Å². The van der Waals surface area contributed by atoms with E-state index < -0.39 is 0 Å². The highest BCUT2D eigenvalue weighted by atomic mass is 15.2. The fraction of sp³-hybridized carbons (Fsp3) is 1.00. The third-order valence-electron chi connectivity index (χ3n) is 3.56. The third-order valence-corrected chi connectivity index (χ3v) is 3.56. The number of nitrogens with one attached hydrogen (secondary N) is 1. The van der Waals surface area contributed by atoms with Crippen LogP contribution in [-0.2, 0) is 0 Å². The second kappa shape index (κ2) is 3.58. The number of hydrogen-bond acceptors (Lipinski definition) is 2. The van der Waals surface area contributed by atoms with Crippen LogP contribution in [0.1, 0.15) is 20.3 Å². The van der Waals surface area contributed by atoms with Crippen molar-refractivity contribution in [2.75, 3.05) is 26.7 Å². The Morgan fingerprint density at radius 3 is 2.85 bits per heavy atom. The van der Waals surface area contributed by atoms with Crippen LogP contribution in [0, 0.1) is 17.8 Å². The van der Waals surface area contributed by atoms with Crippen LogP contribution in [0.3, 0.4) is 0 Å². The molecule has 0 spiro atoms. The maximum absolute atomic E-state index is 3.68. The quantitative estimate of drug-likeness (QED) is 0.690. The van der Waals surface area contributed by atoms with Crippen molar-refractivity contribution in [3.63, 3.8) is 0 Å². The maximum atomic E-state index is 3.68. The number of likely N-dealkylation sites (tertiary alicyclic amines) is 1. The molecule has 2 heteroatoms. The van der Waals surface area contributed by atoms with Crippen LogP contribution in [0.5, 0.6) is 0 Å². The van der Waals surface area contributed by atoms with Crippen molar-refractivity contribution in [3.8, 4) is 0 Å². The second-order valence-electron chi connectivity index (χ2n) is 5.29. The van der Waals surface area contributed by atoms with Gasteiger partial charge in [-0.25, -0.2) is 0 Å². The minimum Gasteiger partial charge on any atom is -0.313 e. The highest BCUT2D eigenvalue weighted by Crippen LogP contribution is 2.32. The molecular weight excluding hydrogens is 160 g/mol. The molecule has 76 valence electrons. The molecule has 2 aliphatic heterocycles. The lowest BCUT2D eigenvalue weighted by Crippen LogP contribution is -2.32. The van der Waals surface area contributed by atoms with Gasteiger partial charge in [-0.2, -0.15) is 0 Å². The molecule has 3 atom stereocenters. The largest absolute Gasteiger partial charge is 0.313 e. The van der Waals surface area contributed by atoms with Crippen molar-refractivity contribution in [1.29, 1.82) is 0 Å². The Hall–Kier alpha value is -0.0800. The third kappa shape index (κ3) is 1.89. The molecule has 1 N–H and O–H groups in total. The van der Waals surface area contributed by atoms with Crippen molar-refractivity contribution in [3.05, 3.63) is 0 Å². The van der Waals surface area contributed by atoms with Crippen molar-refractivity contribution in [1.82, 2.24) is 10.2 Å². The zero-order valence-corrected chi connectivity index (χ0v) is 9.09. The molecule has 0 aliphatic carbocycles. The van der Waals surface area contributed by atoms with E-state index in [1.807, 2.05) is 0 Å². The molecule has 0 aromatic rings. The minimum atomic E-state index is 0.801. The van der Waals surface area contributed by atoms with Gasteiger partial charge in [0.2, 0.25) is 0 Å². The van der Waals surface area contributed by atoms with Crippen molar-refractivity contribution < 1.29 is 0 Å². The summed E-state index contributed by atoms with van der Waals surface area (Å²) < 4.78 is 0. The molecule has 0 unspecified atom stereocenters. The molecular formula is C11H22N2. The van der Waals surface area contributed by atoms with Gasteiger partial charge in [0.25, 0.3) is 0 Å². The normalized spacial score (nSPS) is 40.2. The summed E-state index contributed by atoms with van der Waals surface area (Å²) in [6, 6.07) is 0.801. The first-order chi connectivity index (χ1) is 6.16. The molecule has 2 heterocycles. The molecule has 0 amide bonds. The van der Waals surface area contributed by atoms with Crippen LogP contribution in [0.4, 0.5) is 0 Å². The van der Waals surface area contributed by atoms with Crippen LogP contribution >= 0.6 is 0 Å². The van der Waals surface area contributed by atoms with Gasteiger partial charge >= 0.3 is 0 Å². The molecule has 13 heavy (non-hydrogen) atoms. The molecule has 0 bridgehead atoms. The molecule has 0 radical (unpaired) electrons. The van der Waals surface area contributed by atoms with Gasteiger partial charge in [0.15, 0.2) is 0 Å². The number of nitrogens with zero attached hydrogens (tertiary/aromatic N) is 1. The molecule has 2 fully saturated rings. The Morgan fingerprint density at radius 2 is 2.15 bits per heavy atom. The van der Waals surface area contributed by atoms with E-state index in [1.165, 1.54) is 26.1 Å². The summed E-state index contributed by atoms with van der Waals surface area (Å²) in [6.45, 7) is 8.54. The van der Waals surface area contributed by atoms with E-state index in [2.05, 4.69) is 31.1 Å². The predicted octanol–water partition coefficient (Wildman–Crippen LogP) is 1.18. The summed E-state index contributed by atoms with van der Waals surface area (Å²) in [5.74, 6) is 2.71. The average molecular weight is 182 g/mol. The fourth-order valence-corrected chi connectivity index (χ4v) is 3.01. The monoisotopic (exact) mass is 182 g/mol. The molecule has 2 aliphatic rings. The van der Waals surface area contributed by atoms with E-state index in [0.717, 1.165) is 23.8 Å². The smallest absolute Gasteiger partial charge is 0.0114 e. The number of fused-ring (bicyclic) bond motifs is 1. The number of hydrogen-bond donors (Lipinski definition) is 1. The highest BCUT2D eigenvalue weighted by molar-refractivity contribution is 4.97. The van der Waals surface area contributed by atoms with Gasteiger partial charge in [-0.3, -0.25) is 0 Å². The summed E-state index contributed by atoms with van der Waals surface area (Å²) in [5.41, 5.74) is 0. The standard InChI is InChI=1S/C11H22N2/c1-8(2)4-11-10-7-13(3)6-9(10)5-12-11/h8-12H,4-7H2,1-3H3/t9-,10+,11+/m1/s1. The summed E-state index contributed by atoms with van der Waals surface area (Å²) in [5, 5.41) is 3.68. The first kappa shape index (κ1) is 9.47. The van der Waals surface area contributed by atoms with E-state index in [0.29, 0.717) is 0 Å². The van der Waals surface area contributed by atoms with Crippen LogP contribution < -0.4 is 5.32 Å². The Bertz CT molecular complexity index is 179. The first-order valence-corrected chi connectivity index (χ1v) is 5.58. The minimum absolute atomic E-state index is 0.801. The van der Waals surface area contributed by atoms with Crippen LogP contribution in [0.25, 0.3) is 0 Å². The summed E-state index contributed by atoms with van der Waals surface area (Å²) in [7, 11) is 2.25. The number of rotatable bonds is 2.